The third kappa shape index (κ3) is 1.21. The third-order valence-electron chi connectivity index (χ3n) is 2.39. The second-order valence-corrected chi connectivity index (χ2v) is 3.11. The van der Waals surface area contributed by atoms with E-state index in [4.69, 9.17) is 10.4 Å². The molecular weight excluding hydrogens is 164 g/mol. The first-order valence-corrected chi connectivity index (χ1v) is 4.23. The zero-order valence-electron chi connectivity index (χ0n) is 7.12. The number of hydrogen-bond donors (Lipinski definition) is 2. The molecule has 0 saturated carbocycles. The average molecular weight is 174 g/mol. The van der Waals surface area contributed by atoms with Crippen molar-refractivity contribution in [3.05, 3.63) is 34.9 Å². The summed E-state index contributed by atoms with van der Waals surface area (Å²) < 4.78 is 0. The molecule has 1 aliphatic rings. The molecule has 0 unspecified atom stereocenters. The van der Waals surface area contributed by atoms with Gasteiger partial charge in [-0.3, -0.25) is 0 Å². The summed E-state index contributed by atoms with van der Waals surface area (Å²) in [6, 6.07) is 7.72. The summed E-state index contributed by atoms with van der Waals surface area (Å²) in [4.78, 5) is 0. The minimum atomic E-state index is -0.0640. The number of benzene rings is 1. The Morgan fingerprint density at radius 1 is 1.62 bits per heavy atom. The van der Waals surface area contributed by atoms with Crippen LogP contribution in [-0.2, 0) is 6.54 Å². The van der Waals surface area contributed by atoms with Gasteiger partial charge >= 0.3 is 0 Å². The lowest BCUT2D eigenvalue weighted by atomic mass is 10.00. The van der Waals surface area contributed by atoms with Crippen LogP contribution in [0, 0.1) is 11.3 Å². The molecule has 1 aromatic rings. The highest BCUT2D eigenvalue weighted by Crippen LogP contribution is 2.27. The van der Waals surface area contributed by atoms with Gasteiger partial charge in [0, 0.05) is 6.54 Å². The van der Waals surface area contributed by atoms with E-state index >= 15 is 0 Å². The van der Waals surface area contributed by atoms with Crippen molar-refractivity contribution in [3.63, 3.8) is 0 Å². The lowest BCUT2D eigenvalue weighted by Crippen LogP contribution is -2.16. The van der Waals surface area contributed by atoms with Crippen LogP contribution in [0.2, 0.25) is 0 Å². The topological polar surface area (TPSA) is 56.0 Å². The fourth-order valence-electron chi connectivity index (χ4n) is 1.77. The van der Waals surface area contributed by atoms with Crippen LogP contribution >= 0.6 is 0 Å². The largest absolute Gasteiger partial charge is 0.394 e. The highest BCUT2D eigenvalue weighted by atomic mass is 16.3. The fraction of sp³-hybridized carbons (Fsp3) is 0.300. The number of nitriles is 1. The van der Waals surface area contributed by atoms with Crippen LogP contribution in [0.25, 0.3) is 0 Å². The maximum atomic E-state index is 9.06. The number of aliphatic hydroxyl groups excluding tert-OH is 1. The molecule has 1 heterocycles. The van der Waals surface area contributed by atoms with Crippen molar-refractivity contribution < 1.29 is 5.11 Å². The van der Waals surface area contributed by atoms with Gasteiger partial charge in [-0.2, -0.15) is 5.26 Å². The number of hydrogen-bond acceptors (Lipinski definition) is 3. The van der Waals surface area contributed by atoms with E-state index in [0.29, 0.717) is 5.56 Å². The van der Waals surface area contributed by atoms with Crippen LogP contribution in [0.15, 0.2) is 18.2 Å². The van der Waals surface area contributed by atoms with E-state index in [-0.39, 0.29) is 12.6 Å². The van der Waals surface area contributed by atoms with Crippen molar-refractivity contribution in [2.75, 3.05) is 6.61 Å². The Morgan fingerprint density at radius 2 is 2.46 bits per heavy atom. The Bertz CT molecular complexity index is 368. The molecule has 0 saturated heterocycles. The first-order chi connectivity index (χ1) is 6.36. The Hall–Kier alpha value is -1.37. The average Bonchev–Trinajstić information content (AvgIpc) is 2.60. The van der Waals surface area contributed by atoms with Crippen LogP contribution in [-0.4, -0.2) is 11.7 Å². The molecule has 66 valence electrons. The number of nitrogens with zero attached hydrogens (tertiary/aromatic N) is 1. The molecule has 0 radical (unpaired) electrons. The maximum Gasteiger partial charge on any atom is 0.0995 e. The minimum Gasteiger partial charge on any atom is -0.394 e. The summed E-state index contributed by atoms with van der Waals surface area (Å²) in [6.07, 6.45) is 0. The van der Waals surface area contributed by atoms with Crippen LogP contribution in [0.3, 0.4) is 0 Å². The highest BCUT2D eigenvalue weighted by Gasteiger charge is 2.23. The summed E-state index contributed by atoms with van der Waals surface area (Å²) in [6.45, 7) is 0.793. The van der Waals surface area contributed by atoms with E-state index in [2.05, 4.69) is 11.4 Å². The van der Waals surface area contributed by atoms with Gasteiger partial charge in [0.2, 0.25) is 0 Å². The van der Waals surface area contributed by atoms with Crippen LogP contribution in [0.5, 0.6) is 0 Å². The quantitative estimate of drug-likeness (QED) is 0.658. The summed E-state index contributed by atoms with van der Waals surface area (Å²) in [5.41, 5.74) is 2.76. The van der Waals surface area contributed by atoms with Gasteiger partial charge in [0.25, 0.3) is 0 Å². The molecule has 1 aromatic carbocycles. The van der Waals surface area contributed by atoms with Gasteiger partial charge in [0.05, 0.1) is 24.3 Å². The number of rotatable bonds is 1. The van der Waals surface area contributed by atoms with Gasteiger partial charge in [-0.15, -0.1) is 0 Å². The maximum absolute atomic E-state index is 9.06. The van der Waals surface area contributed by atoms with Crippen molar-refractivity contribution in [2.45, 2.75) is 12.6 Å². The van der Waals surface area contributed by atoms with Crippen LogP contribution in [0.1, 0.15) is 22.7 Å². The van der Waals surface area contributed by atoms with Gasteiger partial charge in [0.15, 0.2) is 0 Å². The summed E-state index contributed by atoms with van der Waals surface area (Å²) >= 11 is 0. The van der Waals surface area contributed by atoms with Gasteiger partial charge < -0.3 is 10.4 Å². The van der Waals surface area contributed by atoms with Crippen molar-refractivity contribution in [1.29, 1.82) is 5.26 Å². The predicted octanol–water partition coefficient (Wildman–Crippen LogP) is 0.695. The molecule has 0 spiro atoms. The molecule has 0 bridgehead atoms. The minimum absolute atomic E-state index is 0.0473. The lowest BCUT2D eigenvalue weighted by molar-refractivity contribution is 0.251. The van der Waals surface area contributed by atoms with Gasteiger partial charge in [-0.1, -0.05) is 12.1 Å². The SMILES string of the molecule is N#Cc1cccc2c1[C@H](CO)NC2. The van der Waals surface area contributed by atoms with Crippen LogP contribution in [0.4, 0.5) is 0 Å². The molecule has 0 fully saturated rings. The fourth-order valence-corrected chi connectivity index (χ4v) is 1.77. The number of aliphatic hydroxyl groups is 1. The van der Waals surface area contributed by atoms with E-state index in [1.54, 1.807) is 6.07 Å². The summed E-state index contributed by atoms with van der Waals surface area (Å²) in [7, 11) is 0. The number of fused-ring (bicyclic) bond motifs is 1. The Morgan fingerprint density at radius 3 is 3.15 bits per heavy atom. The Labute approximate surface area is 76.6 Å². The summed E-state index contributed by atoms with van der Waals surface area (Å²) in [5, 5.41) is 21.1. The molecular formula is C10H10N2O. The second kappa shape index (κ2) is 3.17. The van der Waals surface area contributed by atoms with Gasteiger partial charge in [-0.25, -0.2) is 0 Å². The molecule has 1 atom stereocenters. The highest BCUT2D eigenvalue weighted by molar-refractivity contribution is 5.47. The first-order valence-electron chi connectivity index (χ1n) is 4.23. The normalized spacial score (nSPS) is 19.5. The first kappa shape index (κ1) is 8.24. The van der Waals surface area contributed by atoms with Crippen molar-refractivity contribution in [3.8, 4) is 6.07 Å². The molecule has 1 aliphatic heterocycles. The molecule has 13 heavy (non-hydrogen) atoms. The second-order valence-electron chi connectivity index (χ2n) is 3.11. The molecule has 3 heteroatoms. The number of nitrogens with one attached hydrogen (secondary N) is 1. The zero-order chi connectivity index (χ0) is 9.26. The van der Waals surface area contributed by atoms with Gasteiger partial charge in [-0.05, 0) is 17.2 Å². The van der Waals surface area contributed by atoms with Gasteiger partial charge in [0.1, 0.15) is 0 Å². The predicted molar refractivity (Wildman–Crippen MR) is 47.8 cm³/mol. The van der Waals surface area contributed by atoms with Crippen LogP contribution < -0.4 is 5.32 Å². The monoisotopic (exact) mass is 174 g/mol. The van der Waals surface area contributed by atoms with Crippen molar-refractivity contribution in [2.24, 2.45) is 0 Å². The Balaban J connectivity index is 2.54. The van der Waals surface area contributed by atoms with E-state index < -0.39 is 0 Å². The Kier molecular flexibility index (Phi) is 2.01. The van der Waals surface area contributed by atoms with E-state index in [0.717, 1.165) is 17.7 Å². The lowest BCUT2D eigenvalue weighted by Gasteiger charge is -2.08. The smallest absolute Gasteiger partial charge is 0.0995 e. The third-order valence-corrected chi connectivity index (χ3v) is 2.39. The van der Waals surface area contributed by atoms with E-state index in [1.165, 1.54) is 0 Å². The molecule has 2 rings (SSSR count). The van der Waals surface area contributed by atoms with Crippen molar-refractivity contribution in [1.82, 2.24) is 5.32 Å². The summed E-state index contributed by atoms with van der Waals surface area (Å²) in [5.74, 6) is 0. The molecule has 0 aliphatic carbocycles. The molecule has 0 aromatic heterocycles. The molecule has 3 nitrogen and oxygen atoms in total. The standard InChI is InChI=1S/C10H10N2O/c11-4-7-2-1-3-8-5-12-9(6-13)10(7)8/h1-3,9,12-13H,5-6H2/t9-/m0/s1. The molecule has 2 N–H and O–H groups in total. The van der Waals surface area contributed by atoms with Crippen molar-refractivity contribution >= 4 is 0 Å². The van der Waals surface area contributed by atoms with E-state index in [1.807, 2.05) is 12.1 Å². The zero-order valence-corrected chi connectivity index (χ0v) is 7.12. The van der Waals surface area contributed by atoms with E-state index in [9.17, 15) is 0 Å². The molecule has 0 amide bonds.